The van der Waals surface area contributed by atoms with Crippen molar-refractivity contribution in [1.82, 2.24) is 5.32 Å². The third-order valence-electron chi connectivity index (χ3n) is 3.21. The fraction of sp³-hybridized carbons (Fsp3) is 0.333. The van der Waals surface area contributed by atoms with Gasteiger partial charge in [-0.25, -0.2) is 0 Å². The maximum atomic E-state index is 11.8. The number of carbonyl (C=O) groups excluding carboxylic acids is 2. The van der Waals surface area contributed by atoms with E-state index in [9.17, 15) is 9.59 Å². The number of esters is 1. The summed E-state index contributed by atoms with van der Waals surface area (Å²) in [6, 6.07) is 9.97. The highest BCUT2D eigenvalue weighted by Gasteiger charge is 2.29. The van der Waals surface area contributed by atoms with Crippen LogP contribution in [0.2, 0.25) is 0 Å². The van der Waals surface area contributed by atoms with Crippen molar-refractivity contribution in [2.75, 3.05) is 7.11 Å². The molecule has 0 saturated heterocycles. The molecule has 0 aliphatic heterocycles. The highest BCUT2D eigenvalue weighted by molar-refractivity contribution is 6.05. The lowest BCUT2D eigenvalue weighted by Crippen LogP contribution is -2.29. The van der Waals surface area contributed by atoms with Gasteiger partial charge in [0.05, 0.1) is 7.11 Å². The minimum Gasteiger partial charge on any atom is -0.468 e. The van der Waals surface area contributed by atoms with Crippen molar-refractivity contribution in [3.05, 3.63) is 47.7 Å². The number of rotatable bonds is 4. The van der Waals surface area contributed by atoms with E-state index in [1.54, 1.807) is 0 Å². The first-order chi connectivity index (χ1) is 9.20. The van der Waals surface area contributed by atoms with Gasteiger partial charge in [0.25, 0.3) is 0 Å². The van der Waals surface area contributed by atoms with Gasteiger partial charge in [0, 0.05) is 18.3 Å². The van der Waals surface area contributed by atoms with E-state index in [-0.39, 0.29) is 5.78 Å². The third kappa shape index (κ3) is 3.44. The second kappa shape index (κ2) is 6.18. The van der Waals surface area contributed by atoms with Crippen LogP contribution in [0.1, 0.15) is 18.4 Å². The van der Waals surface area contributed by atoms with Crippen molar-refractivity contribution < 1.29 is 14.3 Å². The number of nitrogens with one attached hydrogen (secondary N) is 1. The largest absolute Gasteiger partial charge is 0.468 e. The van der Waals surface area contributed by atoms with Crippen LogP contribution in [-0.4, -0.2) is 18.9 Å². The summed E-state index contributed by atoms with van der Waals surface area (Å²) in [6.07, 6.45) is 2.73. The molecule has 4 heteroatoms. The van der Waals surface area contributed by atoms with Crippen LogP contribution in [0, 0.1) is 5.92 Å². The molecular formula is C15H17NO3. The first-order valence-corrected chi connectivity index (χ1v) is 6.30. The molecular weight excluding hydrogens is 242 g/mol. The summed E-state index contributed by atoms with van der Waals surface area (Å²) in [5, 5.41) is 3.23. The summed E-state index contributed by atoms with van der Waals surface area (Å²) in [5.41, 5.74) is 2.04. The Hall–Kier alpha value is -2.10. The molecule has 0 saturated carbocycles. The van der Waals surface area contributed by atoms with Gasteiger partial charge in [-0.3, -0.25) is 9.59 Å². The number of carbonyl (C=O) groups is 2. The second-order valence-electron chi connectivity index (χ2n) is 4.53. The molecule has 0 spiro atoms. The van der Waals surface area contributed by atoms with Crippen molar-refractivity contribution >= 4 is 11.8 Å². The van der Waals surface area contributed by atoms with Gasteiger partial charge >= 0.3 is 5.97 Å². The lowest BCUT2D eigenvalue weighted by Gasteiger charge is -2.20. The Morgan fingerprint density at radius 1 is 1.37 bits per heavy atom. The number of hydrogen-bond donors (Lipinski definition) is 1. The molecule has 0 heterocycles. The maximum Gasteiger partial charge on any atom is 0.316 e. The molecule has 2 rings (SSSR count). The number of benzene rings is 1. The summed E-state index contributed by atoms with van der Waals surface area (Å²) < 4.78 is 4.62. The Morgan fingerprint density at radius 2 is 2.11 bits per heavy atom. The number of allylic oxidation sites excluding steroid dienone is 2. The van der Waals surface area contributed by atoms with Crippen LogP contribution in [-0.2, 0) is 20.9 Å². The summed E-state index contributed by atoms with van der Waals surface area (Å²) in [5.74, 6) is -1.25. The number of ketones is 1. The van der Waals surface area contributed by atoms with E-state index in [0.717, 1.165) is 11.3 Å². The van der Waals surface area contributed by atoms with Crippen molar-refractivity contribution in [3.63, 3.8) is 0 Å². The first-order valence-electron chi connectivity index (χ1n) is 6.30. The Bertz CT molecular complexity index is 493. The molecule has 1 atom stereocenters. The molecule has 4 nitrogen and oxygen atoms in total. The number of methoxy groups -OCH3 is 1. The predicted octanol–water partition coefficient (Wildman–Crippen LogP) is 1.81. The Kier molecular flexibility index (Phi) is 4.34. The summed E-state index contributed by atoms with van der Waals surface area (Å²) >= 11 is 0. The van der Waals surface area contributed by atoms with Crippen molar-refractivity contribution in [2.45, 2.75) is 19.4 Å². The topological polar surface area (TPSA) is 55.4 Å². The van der Waals surface area contributed by atoms with Crippen LogP contribution in [0.3, 0.4) is 0 Å². The normalized spacial score (nSPS) is 18.7. The molecule has 1 aromatic carbocycles. The third-order valence-corrected chi connectivity index (χ3v) is 3.21. The van der Waals surface area contributed by atoms with E-state index < -0.39 is 11.9 Å². The lowest BCUT2D eigenvalue weighted by atomic mass is 9.91. The van der Waals surface area contributed by atoms with E-state index in [2.05, 4.69) is 10.1 Å². The van der Waals surface area contributed by atoms with Gasteiger partial charge in [-0.2, -0.15) is 0 Å². The first kappa shape index (κ1) is 13.3. The molecule has 1 aromatic rings. The highest BCUT2D eigenvalue weighted by atomic mass is 16.5. The number of hydrogen-bond acceptors (Lipinski definition) is 4. The van der Waals surface area contributed by atoms with Crippen LogP contribution in [0.4, 0.5) is 0 Å². The van der Waals surface area contributed by atoms with E-state index in [1.807, 2.05) is 30.3 Å². The fourth-order valence-corrected chi connectivity index (χ4v) is 2.11. The molecule has 0 radical (unpaired) electrons. The molecule has 0 amide bonds. The quantitative estimate of drug-likeness (QED) is 0.662. The van der Waals surface area contributed by atoms with Crippen LogP contribution in [0.15, 0.2) is 42.1 Å². The molecule has 0 bridgehead atoms. The van der Waals surface area contributed by atoms with E-state index in [1.165, 1.54) is 13.2 Å². The number of ether oxygens (including phenoxy) is 1. The van der Waals surface area contributed by atoms with Crippen LogP contribution in [0.25, 0.3) is 0 Å². The van der Waals surface area contributed by atoms with E-state index >= 15 is 0 Å². The smallest absolute Gasteiger partial charge is 0.316 e. The van der Waals surface area contributed by atoms with Gasteiger partial charge in [0.15, 0.2) is 5.78 Å². The molecule has 1 aliphatic rings. The zero-order valence-corrected chi connectivity index (χ0v) is 10.9. The Balaban J connectivity index is 1.93. The molecule has 0 aromatic heterocycles. The molecule has 19 heavy (non-hydrogen) atoms. The predicted molar refractivity (Wildman–Crippen MR) is 71.1 cm³/mol. The second-order valence-corrected chi connectivity index (χ2v) is 4.53. The van der Waals surface area contributed by atoms with Crippen molar-refractivity contribution in [3.8, 4) is 0 Å². The van der Waals surface area contributed by atoms with Gasteiger partial charge in [-0.15, -0.1) is 0 Å². The van der Waals surface area contributed by atoms with E-state index in [0.29, 0.717) is 19.4 Å². The molecule has 100 valence electrons. The maximum absolute atomic E-state index is 11.8. The van der Waals surface area contributed by atoms with Gasteiger partial charge in [0.2, 0.25) is 0 Å². The molecule has 0 fully saturated rings. The van der Waals surface area contributed by atoms with Gasteiger partial charge in [0.1, 0.15) is 5.92 Å². The van der Waals surface area contributed by atoms with Crippen molar-refractivity contribution in [2.24, 2.45) is 5.92 Å². The zero-order valence-electron chi connectivity index (χ0n) is 10.9. The minimum absolute atomic E-state index is 0.173. The fourth-order valence-electron chi connectivity index (χ4n) is 2.11. The summed E-state index contributed by atoms with van der Waals surface area (Å²) in [7, 11) is 1.31. The summed E-state index contributed by atoms with van der Waals surface area (Å²) in [6.45, 7) is 0.683. The zero-order chi connectivity index (χ0) is 13.7. The highest BCUT2D eigenvalue weighted by Crippen LogP contribution is 2.20. The Morgan fingerprint density at radius 3 is 2.74 bits per heavy atom. The monoisotopic (exact) mass is 259 g/mol. The van der Waals surface area contributed by atoms with Crippen LogP contribution >= 0.6 is 0 Å². The van der Waals surface area contributed by atoms with Gasteiger partial charge < -0.3 is 10.1 Å². The van der Waals surface area contributed by atoms with Gasteiger partial charge in [-0.05, 0) is 18.4 Å². The minimum atomic E-state index is -0.632. The SMILES string of the molecule is COC(=O)C1CCC(NCc2ccccc2)=CC1=O. The van der Waals surface area contributed by atoms with Crippen LogP contribution < -0.4 is 5.32 Å². The molecule has 1 aliphatic carbocycles. The average Bonchev–Trinajstić information content (AvgIpc) is 2.45. The van der Waals surface area contributed by atoms with Gasteiger partial charge in [-0.1, -0.05) is 30.3 Å². The molecule has 1 N–H and O–H groups in total. The van der Waals surface area contributed by atoms with E-state index in [4.69, 9.17) is 0 Å². The lowest BCUT2D eigenvalue weighted by molar-refractivity contribution is -0.148. The van der Waals surface area contributed by atoms with Crippen LogP contribution in [0.5, 0.6) is 0 Å². The van der Waals surface area contributed by atoms with Crippen molar-refractivity contribution in [1.29, 1.82) is 0 Å². The summed E-state index contributed by atoms with van der Waals surface area (Å²) in [4.78, 5) is 23.2. The average molecular weight is 259 g/mol. The standard InChI is InChI=1S/C15H17NO3/c1-19-15(18)13-8-7-12(9-14(13)17)16-10-11-5-3-2-4-6-11/h2-6,9,13,16H,7-8,10H2,1H3. The Labute approximate surface area is 112 Å². The molecule has 1 unspecified atom stereocenters.